The second-order valence-corrected chi connectivity index (χ2v) is 3.58. The van der Waals surface area contributed by atoms with Crippen LogP contribution in [0.3, 0.4) is 0 Å². The van der Waals surface area contributed by atoms with Gasteiger partial charge in [-0.2, -0.15) is 0 Å². The number of nitro benzene ring substituents is 1. The van der Waals surface area contributed by atoms with Crippen molar-refractivity contribution in [2.24, 2.45) is 0 Å². The van der Waals surface area contributed by atoms with Crippen molar-refractivity contribution in [3.63, 3.8) is 0 Å². The topological polar surface area (TPSA) is 83.3 Å². The summed E-state index contributed by atoms with van der Waals surface area (Å²) in [5.74, 6) is 0. The minimum absolute atomic E-state index is 0. The molecule has 1 rings (SSSR count). The standard InChI is InChI=1S/C8H9NO4S.Na/c1-2-6-3-4-7(14(12)13)5-8(6)9(10)11;/h3-5H,2H2,1H3,(H,12,13);/q;+1/p-1. The smallest absolute Gasteiger partial charge is 0.768 e. The number of rotatable bonds is 3. The molecule has 1 aromatic carbocycles. The third-order valence-electron chi connectivity index (χ3n) is 1.83. The molecular weight excluding hydrogens is 229 g/mol. The number of benzene rings is 1. The van der Waals surface area contributed by atoms with Crippen LogP contribution >= 0.6 is 0 Å². The molecule has 15 heavy (non-hydrogen) atoms. The normalized spacial score (nSPS) is 11.6. The first-order valence-electron chi connectivity index (χ1n) is 3.92. The number of aryl methyl sites for hydroxylation is 1. The largest absolute Gasteiger partial charge is 1.00 e. The van der Waals surface area contributed by atoms with Crippen molar-refractivity contribution in [1.29, 1.82) is 0 Å². The minimum atomic E-state index is -2.42. The number of hydrogen-bond donors (Lipinski definition) is 0. The Morgan fingerprint density at radius 3 is 2.47 bits per heavy atom. The van der Waals surface area contributed by atoms with Crippen molar-refractivity contribution in [3.05, 3.63) is 33.9 Å². The predicted molar refractivity (Wildman–Crippen MR) is 49.7 cm³/mol. The van der Waals surface area contributed by atoms with Crippen LogP contribution in [0, 0.1) is 10.1 Å². The SMILES string of the molecule is CCc1ccc(S(=O)[O-])cc1[N+](=O)[O-].[Na+]. The molecule has 0 saturated heterocycles. The van der Waals surface area contributed by atoms with E-state index in [0.717, 1.165) is 6.07 Å². The van der Waals surface area contributed by atoms with Gasteiger partial charge in [0.15, 0.2) is 0 Å². The monoisotopic (exact) mass is 237 g/mol. The average Bonchev–Trinajstić information content (AvgIpc) is 2.16. The third kappa shape index (κ3) is 3.66. The van der Waals surface area contributed by atoms with E-state index in [1.165, 1.54) is 12.1 Å². The minimum Gasteiger partial charge on any atom is -0.768 e. The summed E-state index contributed by atoms with van der Waals surface area (Å²) in [7, 11) is 0. The molecule has 0 fully saturated rings. The van der Waals surface area contributed by atoms with E-state index < -0.39 is 16.0 Å². The summed E-state index contributed by atoms with van der Waals surface area (Å²) in [5, 5.41) is 10.6. The average molecular weight is 237 g/mol. The van der Waals surface area contributed by atoms with Gasteiger partial charge in [-0.15, -0.1) is 0 Å². The summed E-state index contributed by atoms with van der Waals surface area (Å²) in [6, 6.07) is 3.89. The van der Waals surface area contributed by atoms with Gasteiger partial charge in [-0.25, -0.2) is 0 Å². The summed E-state index contributed by atoms with van der Waals surface area (Å²) in [5.41, 5.74) is 0.387. The van der Waals surface area contributed by atoms with E-state index in [2.05, 4.69) is 0 Å². The van der Waals surface area contributed by atoms with Gasteiger partial charge in [0.2, 0.25) is 0 Å². The van der Waals surface area contributed by atoms with E-state index in [1.807, 2.05) is 0 Å². The van der Waals surface area contributed by atoms with Gasteiger partial charge in [-0.05, 0) is 23.6 Å². The van der Waals surface area contributed by atoms with Gasteiger partial charge in [0.1, 0.15) is 0 Å². The zero-order chi connectivity index (χ0) is 10.7. The first kappa shape index (κ1) is 14.7. The van der Waals surface area contributed by atoms with Crippen LogP contribution in [0.25, 0.3) is 0 Å². The van der Waals surface area contributed by atoms with Crippen LogP contribution in [0.2, 0.25) is 0 Å². The van der Waals surface area contributed by atoms with Gasteiger partial charge in [0.25, 0.3) is 5.69 Å². The Kier molecular flexibility index (Phi) is 6.23. The van der Waals surface area contributed by atoms with Crippen molar-refractivity contribution in [3.8, 4) is 0 Å². The third-order valence-corrected chi connectivity index (χ3v) is 2.47. The Morgan fingerprint density at radius 1 is 1.47 bits per heavy atom. The van der Waals surface area contributed by atoms with Crippen LogP contribution in [0.4, 0.5) is 5.69 Å². The van der Waals surface area contributed by atoms with E-state index in [4.69, 9.17) is 0 Å². The molecule has 1 aromatic rings. The van der Waals surface area contributed by atoms with Gasteiger partial charge in [0.05, 0.1) is 4.92 Å². The number of hydrogen-bond acceptors (Lipinski definition) is 4. The molecule has 1 unspecified atom stereocenters. The van der Waals surface area contributed by atoms with Crippen molar-refractivity contribution in [1.82, 2.24) is 0 Å². The van der Waals surface area contributed by atoms with E-state index in [-0.39, 0.29) is 40.1 Å². The van der Waals surface area contributed by atoms with Gasteiger partial charge in [-0.3, -0.25) is 14.3 Å². The molecule has 0 aliphatic carbocycles. The van der Waals surface area contributed by atoms with Gasteiger partial charge in [0, 0.05) is 16.5 Å². The maximum Gasteiger partial charge on any atom is 1.00 e. The fourth-order valence-electron chi connectivity index (χ4n) is 1.12. The molecule has 0 aliphatic rings. The van der Waals surface area contributed by atoms with Crippen molar-refractivity contribution < 1.29 is 43.2 Å². The second-order valence-electron chi connectivity index (χ2n) is 2.64. The van der Waals surface area contributed by atoms with Crippen LogP contribution in [-0.4, -0.2) is 13.7 Å². The van der Waals surface area contributed by atoms with E-state index >= 15 is 0 Å². The number of nitrogens with zero attached hydrogens (tertiary/aromatic N) is 1. The van der Waals surface area contributed by atoms with Crippen LogP contribution in [0.5, 0.6) is 0 Å². The summed E-state index contributed by atoms with van der Waals surface area (Å²) in [4.78, 5) is 9.92. The molecule has 0 saturated carbocycles. The molecule has 0 N–H and O–H groups in total. The first-order chi connectivity index (χ1) is 6.56. The summed E-state index contributed by atoms with van der Waals surface area (Å²) in [6.07, 6.45) is 0.502. The van der Waals surface area contributed by atoms with Crippen LogP contribution in [-0.2, 0) is 17.5 Å². The van der Waals surface area contributed by atoms with Gasteiger partial charge < -0.3 is 4.55 Å². The second kappa shape index (κ2) is 6.34. The zero-order valence-electron chi connectivity index (χ0n) is 8.43. The molecule has 0 radical (unpaired) electrons. The van der Waals surface area contributed by atoms with Crippen molar-refractivity contribution in [2.75, 3.05) is 0 Å². The summed E-state index contributed by atoms with van der Waals surface area (Å²) >= 11 is -2.42. The maximum absolute atomic E-state index is 10.6. The quantitative estimate of drug-likeness (QED) is 0.274. The molecular formula is C8H8NNaO4S. The van der Waals surface area contributed by atoms with E-state index in [1.54, 1.807) is 6.92 Å². The molecule has 0 aromatic heterocycles. The van der Waals surface area contributed by atoms with Crippen LogP contribution < -0.4 is 29.6 Å². The maximum atomic E-state index is 10.6. The molecule has 0 amide bonds. The van der Waals surface area contributed by atoms with E-state index in [0.29, 0.717) is 12.0 Å². The molecule has 0 aliphatic heterocycles. The van der Waals surface area contributed by atoms with Crippen LogP contribution in [0.1, 0.15) is 12.5 Å². The Bertz CT molecular complexity index is 396. The Labute approximate surface area is 112 Å². The molecule has 76 valence electrons. The van der Waals surface area contributed by atoms with E-state index in [9.17, 15) is 18.9 Å². The Hall–Kier alpha value is -0.270. The molecule has 7 heteroatoms. The van der Waals surface area contributed by atoms with Crippen molar-refractivity contribution in [2.45, 2.75) is 18.2 Å². The predicted octanol–water partition coefficient (Wildman–Crippen LogP) is -1.60. The summed E-state index contributed by atoms with van der Waals surface area (Å²) in [6.45, 7) is 1.77. The zero-order valence-corrected chi connectivity index (χ0v) is 11.2. The molecule has 0 bridgehead atoms. The molecule has 0 heterocycles. The Balaban J connectivity index is 0.00000196. The van der Waals surface area contributed by atoms with Crippen LogP contribution in [0.15, 0.2) is 23.1 Å². The fraction of sp³-hybridized carbons (Fsp3) is 0.250. The molecule has 1 atom stereocenters. The first-order valence-corrected chi connectivity index (χ1v) is 5.00. The number of nitro groups is 1. The van der Waals surface area contributed by atoms with Crippen molar-refractivity contribution >= 4 is 16.8 Å². The molecule has 0 spiro atoms. The van der Waals surface area contributed by atoms with Gasteiger partial charge in [-0.1, -0.05) is 13.0 Å². The molecule has 5 nitrogen and oxygen atoms in total. The summed E-state index contributed by atoms with van der Waals surface area (Å²) < 4.78 is 21.1. The fourth-order valence-corrected chi connectivity index (χ4v) is 1.50. The van der Waals surface area contributed by atoms with Gasteiger partial charge >= 0.3 is 29.6 Å². The Morgan fingerprint density at radius 2 is 2.07 bits per heavy atom.